The van der Waals surface area contributed by atoms with Crippen LogP contribution >= 0.6 is 12.2 Å². The van der Waals surface area contributed by atoms with Crippen LogP contribution in [0.25, 0.3) is 0 Å². The SMILES string of the molecule is CC.Cn1[nH]c(=S)cc1C(=O)O. The minimum atomic E-state index is -0.977. The van der Waals surface area contributed by atoms with E-state index in [1.807, 2.05) is 13.8 Å². The summed E-state index contributed by atoms with van der Waals surface area (Å²) in [6, 6.07) is 1.40. The van der Waals surface area contributed by atoms with E-state index in [0.29, 0.717) is 4.64 Å². The number of aromatic nitrogens is 2. The van der Waals surface area contributed by atoms with Gasteiger partial charge in [-0.25, -0.2) is 4.79 Å². The molecule has 0 unspecified atom stereocenters. The third kappa shape index (κ3) is 2.50. The van der Waals surface area contributed by atoms with Gasteiger partial charge in [-0.05, 0) is 0 Å². The van der Waals surface area contributed by atoms with Crippen LogP contribution in [0, 0.1) is 4.64 Å². The van der Waals surface area contributed by atoms with Crippen molar-refractivity contribution in [1.29, 1.82) is 0 Å². The fourth-order valence-electron chi connectivity index (χ4n) is 0.684. The molecule has 1 aromatic heterocycles. The van der Waals surface area contributed by atoms with Gasteiger partial charge in [0.25, 0.3) is 0 Å². The Bertz CT molecular complexity index is 313. The van der Waals surface area contributed by atoms with Crippen molar-refractivity contribution in [3.05, 3.63) is 16.4 Å². The molecule has 1 rings (SSSR count). The Morgan fingerprint density at radius 3 is 2.33 bits per heavy atom. The Labute approximate surface area is 75.8 Å². The lowest BCUT2D eigenvalue weighted by Crippen LogP contribution is -2.04. The van der Waals surface area contributed by atoms with Crippen LogP contribution in [0.5, 0.6) is 0 Å². The predicted molar refractivity (Wildman–Crippen MR) is 48.9 cm³/mol. The van der Waals surface area contributed by atoms with Crippen LogP contribution in [0.4, 0.5) is 0 Å². The first kappa shape index (κ1) is 10.9. The summed E-state index contributed by atoms with van der Waals surface area (Å²) in [5.41, 5.74) is 0.171. The highest BCUT2D eigenvalue weighted by Crippen LogP contribution is 1.96. The van der Waals surface area contributed by atoms with E-state index in [0.717, 1.165) is 0 Å². The van der Waals surface area contributed by atoms with Crippen molar-refractivity contribution in [3.8, 4) is 0 Å². The molecule has 0 fully saturated rings. The summed E-state index contributed by atoms with van der Waals surface area (Å²) < 4.78 is 1.80. The first-order valence-electron chi connectivity index (χ1n) is 3.60. The van der Waals surface area contributed by atoms with Gasteiger partial charge in [-0.3, -0.25) is 9.78 Å². The number of rotatable bonds is 1. The van der Waals surface area contributed by atoms with Gasteiger partial charge in [0.15, 0.2) is 0 Å². The normalized spacial score (nSPS) is 8.58. The molecule has 12 heavy (non-hydrogen) atoms. The number of aromatic carboxylic acids is 1. The minimum Gasteiger partial charge on any atom is -0.477 e. The van der Waals surface area contributed by atoms with Crippen molar-refractivity contribution >= 4 is 18.2 Å². The van der Waals surface area contributed by atoms with Crippen LogP contribution in [-0.4, -0.2) is 20.9 Å². The molecule has 0 saturated heterocycles. The summed E-state index contributed by atoms with van der Waals surface area (Å²) in [5, 5.41) is 11.1. The Morgan fingerprint density at radius 2 is 2.17 bits per heavy atom. The fourth-order valence-corrected chi connectivity index (χ4v) is 0.933. The van der Waals surface area contributed by atoms with E-state index in [9.17, 15) is 4.79 Å². The number of hydrogen-bond donors (Lipinski definition) is 2. The molecule has 0 atom stereocenters. The lowest BCUT2D eigenvalue weighted by Gasteiger charge is -1.92. The quantitative estimate of drug-likeness (QED) is 0.661. The first-order valence-corrected chi connectivity index (χ1v) is 4.01. The van der Waals surface area contributed by atoms with E-state index in [4.69, 9.17) is 17.3 Å². The molecule has 1 heterocycles. The number of carboxylic acid groups (broad SMARTS) is 1. The fraction of sp³-hybridized carbons (Fsp3) is 0.429. The number of aryl methyl sites for hydroxylation is 1. The molecule has 0 aliphatic carbocycles. The second-order valence-corrected chi connectivity index (χ2v) is 2.31. The molecule has 0 aliphatic rings. The van der Waals surface area contributed by atoms with Gasteiger partial charge in [0, 0.05) is 13.1 Å². The number of aromatic amines is 1. The van der Waals surface area contributed by atoms with Crippen LogP contribution in [0.3, 0.4) is 0 Å². The molecule has 68 valence electrons. The molecule has 0 bridgehead atoms. The summed E-state index contributed by atoms with van der Waals surface area (Å²) in [6.45, 7) is 4.00. The monoisotopic (exact) mass is 188 g/mol. The number of hydrogen-bond acceptors (Lipinski definition) is 2. The van der Waals surface area contributed by atoms with E-state index < -0.39 is 5.97 Å². The Hall–Kier alpha value is -1.10. The Kier molecular flexibility index (Phi) is 4.28. The largest absolute Gasteiger partial charge is 0.477 e. The van der Waals surface area contributed by atoms with Crippen LogP contribution in [-0.2, 0) is 7.05 Å². The van der Waals surface area contributed by atoms with Crippen molar-refractivity contribution < 1.29 is 9.90 Å². The summed E-state index contributed by atoms with van der Waals surface area (Å²) in [4.78, 5) is 10.3. The third-order valence-electron chi connectivity index (χ3n) is 1.13. The van der Waals surface area contributed by atoms with E-state index in [1.165, 1.54) is 10.7 Å². The summed E-state index contributed by atoms with van der Waals surface area (Å²) in [7, 11) is 1.60. The van der Waals surface area contributed by atoms with Gasteiger partial charge in [0.05, 0.1) is 0 Å². The number of carbonyl (C=O) groups is 1. The Morgan fingerprint density at radius 1 is 1.67 bits per heavy atom. The molecule has 1 aromatic rings. The summed E-state index contributed by atoms with van der Waals surface area (Å²) >= 11 is 4.70. The van der Waals surface area contributed by atoms with Gasteiger partial charge >= 0.3 is 5.97 Å². The zero-order valence-electron chi connectivity index (χ0n) is 7.29. The lowest BCUT2D eigenvalue weighted by molar-refractivity contribution is 0.0685. The molecule has 2 N–H and O–H groups in total. The van der Waals surface area contributed by atoms with E-state index in [-0.39, 0.29) is 5.69 Å². The van der Waals surface area contributed by atoms with Crippen LogP contribution in [0.2, 0.25) is 0 Å². The second-order valence-electron chi connectivity index (χ2n) is 1.87. The number of H-pyrrole nitrogens is 1. The standard InChI is InChI=1S/C5H6N2O2S.C2H6/c1-7-3(5(8)9)2-4(10)6-7;1-2/h2H,1H3,(H,6,10)(H,8,9);1-2H3. The van der Waals surface area contributed by atoms with Crippen LogP contribution in [0.15, 0.2) is 6.07 Å². The van der Waals surface area contributed by atoms with Gasteiger partial charge in [-0.2, -0.15) is 0 Å². The van der Waals surface area contributed by atoms with Crippen LogP contribution < -0.4 is 0 Å². The average Bonchev–Trinajstić information content (AvgIpc) is 2.34. The van der Waals surface area contributed by atoms with Gasteiger partial charge in [0.2, 0.25) is 0 Å². The third-order valence-corrected chi connectivity index (χ3v) is 1.34. The second kappa shape index (κ2) is 4.71. The Balaban J connectivity index is 0.000000561. The zero-order valence-corrected chi connectivity index (χ0v) is 8.10. The molecule has 0 radical (unpaired) electrons. The minimum absolute atomic E-state index is 0.171. The van der Waals surface area contributed by atoms with E-state index in [1.54, 1.807) is 7.05 Å². The maximum atomic E-state index is 10.3. The maximum Gasteiger partial charge on any atom is 0.354 e. The number of carboxylic acids is 1. The summed E-state index contributed by atoms with van der Waals surface area (Å²) in [5.74, 6) is -0.977. The zero-order chi connectivity index (χ0) is 9.72. The highest BCUT2D eigenvalue weighted by atomic mass is 32.1. The van der Waals surface area contributed by atoms with Crippen molar-refractivity contribution in [3.63, 3.8) is 0 Å². The van der Waals surface area contributed by atoms with Crippen molar-refractivity contribution in [2.75, 3.05) is 0 Å². The molecule has 0 saturated carbocycles. The number of nitrogens with zero attached hydrogens (tertiary/aromatic N) is 1. The van der Waals surface area contributed by atoms with E-state index in [2.05, 4.69) is 5.10 Å². The molecule has 0 amide bonds. The van der Waals surface area contributed by atoms with Crippen LogP contribution in [0.1, 0.15) is 24.3 Å². The number of nitrogens with one attached hydrogen (secondary N) is 1. The van der Waals surface area contributed by atoms with Crippen molar-refractivity contribution in [2.24, 2.45) is 7.05 Å². The summed E-state index contributed by atoms with van der Waals surface area (Å²) in [6.07, 6.45) is 0. The van der Waals surface area contributed by atoms with Gasteiger partial charge < -0.3 is 5.11 Å². The molecule has 4 nitrogen and oxygen atoms in total. The smallest absolute Gasteiger partial charge is 0.354 e. The molecular formula is C7H12N2O2S. The first-order chi connectivity index (χ1) is 5.61. The highest BCUT2D eigenvalue weighted by Gasteiger charge is 2.05. The topological polar surface area (TPSA) is 58.0 Å². The molecule has 0 spiro atoms. The molecule has 0 aromatic carbocycles. The lowest BCUT2D eigenvalue weighted by atomic mass is 10.4. The van der Waals surface area contributed by atoms with Gasteiger partial charge in [-0.15, -0.1) is 0 Å². The molecule has 5 heteroatoms. The van der Waals surface area contributed by atoms with Crippen molar-refractivity contribution in [2.45, 2.75) is 13.8 Å². The van der Waals surface area contributed by atoms with E-state index >= 15 is 0 Å². The highest BCUT2D eigenvalue weighted by molar-refractivity contribution is 7.71. The van der Waals surface area contributed by atoms with Gasteiger partial charge in [0.1, 0.15) is 10.3 Å². The average molecular weight is 188 g/mol. The maximum absolute atomic E-state index is 10.3. The molecular weight excluding hydrogens is 176 g/mol. The predicted octanol–water partition coefficient (Wildman–Crippen LogP) is 1.81. The van der Waals surface area contributed by atoms with Gasteiger partial charge in [-0.1, -0.05) is 26.1 Å². The van der Waals surface area contributed by atoms with Crippen molar-refractivity contribution in [1.82, 2.24) is 9.78 Å². The molecule has 0 aliphatic heterocycles.